The van der Waals surface area contributed by atoms with Gasteiger partial charge < -0.3 is 9.80 Å². The zero-order chi connectivity index (χ0) is 18.4. The highest BCUT2D eigenvalue weighted by molar-refractivity contribution is 5.77. The number of nitrogens with zero attached hydrogens (tertiary/aromatic N) is 5. The molecule has 2 aromatic heterocycles. The molecule has 0 saturated carbocycles. The Hall–Kier alpha value is -2.50. The number of rotatable bonds is 3. The first-order valence-corrected chi connectivity index (χ1v) is 9.97. The molecule has 4 heterocycles. The first kappa shape index (κ1) is 16.7. The quantitative estimate of drug-likeness (QED) is 0.838. The SMILES string of the molecule is Cc1nc2c(c3c1CCCC3)CN(C(=O)CC1CN(c3cncnc3)C1)C2. The molecule has 0 N–H and O–H groups in total. The van der Waals surface area contributed by atoms with Crippen LogP contribution in [-0.4, -0.2) is 38.8 Å². The van der Waals surface area contributed by atoms with Gasteiger partial charge in [0.25, 0.3) is 0 Å². The maximum absolute atomic E-state index is 12.9. The first-order chi connectivity index (χ1) is 13.2. The summed E-state index contributed by atoms with van der Waals surface area (Å²) in [4.78, 5) is 30.1. The monoisotopic (exact) mass is 363 g/mol. The van der Waals surface area contributed by atoms with Gasteiger partial charge in [-0.2, -0.15) is 0 Å². The lowest BCUT2D eigenvalue weighted by molar-refractivity contribution is -0.133. The van der Waals surface area contributed by atoms with Crippen LogP contribution in [0, 0.1) is 12.8 Å². The van der Waals surface area contributed by atoms with Crippen molar-refractivity contribution >= 4 is 11.6 Å². The summed E-state index contributed by atoms with van der Waals surface area (Å²) in [6.45, 7) is 5.39. The fourth-order valence-electron chi connectivity index (χ4n) is 4.81. The minimum absolute atomic E-state index is 0.268. The standard InChI is InChI=1S/C21H25N5O/c1-14-17-4-2-3-5-18(17)19-11-26(12-20(19)24-14)21(27)6-15-9-25(10-15)16-7-22-13-23-8-16/h7-8,13,15H,2-6,9-12H2,1H3. The number of carbonyl (C=O) groups excluding carboxylic acids is 1. The van der Waals surface area contributed by atoms with Gasteiger partial charge in [-0.1, -0.05) is 0 Å². The molecule has 0 spiro atoms. The van der Waals surface area contributed by atoms with Crippen molar-refractivity contribution in [2.45, 2.75) is 52.1 Å². The first-order valence-electron chi connectivity index (χ1n) is 9.97. The van der Waals surface area contributed by atoms with Crippen LogP contribution < -0.4 is 4.90 Å². The van der Waals surface area contributed by atoms with Gasteiger partial charge in [0.2, 0.25) is 5.91 Å². The van der Waals surface area contributed by atoms with E-state index in [9.17, 15) is 4.79 Å². The number of fused-ring (bicyclic) bond motifs is 3. The molecule has 0 unspecified atom stereocenters. The topological polar surface area (TPSA) is 62.2 Å². The van der Waals surface area contributed by atoms with Gasteiger partial charge >= 0.3 is 0 Å². The number of pyridine rings is 1. The minimum atomic E-state index is 0.268. The van der Waals surface area contributed by atoms with Crippen LogP contribution in [0.25, 0.3) is 0 Å². The van der Waals surface area contributed by atoms with Crippen LogP contribution >= 0.6 is 0 Å². The van der Waals surface area contributed by atoms with E-state index in [1.165, 1.54) is 35.2 Å². The fourth-order valence-corrected chi connectivity index (χ4v) is 4.81. The van der Waals surface area contributed by atoms with E-state index in [0.29, 0.717) is 18.9 Å². The summed E-state index contributed by atoms with van der Waals surface area (Å²) >= 11 is 0. The Morgan fingerprint density at radius 3 is 2.59 bits per heavy atom. The third kappa shape index (κ3) is 2.97. The number of anilines is 1. The van der Waals surface area contributed by atoms with Crippen LogP contribution in [0.5, 0.6) is 0 Å². The summed E-state index contributed by atoms with van der Waals surface area (Å²) in [6.07, 6.45) is 10.7. The lowest BCUT2D eigenvalue weighted by atomic mass is 9.87. The molecule has 0 bridgehead atoms. The lowest BCUT2D eigenvalue weighted by Gasteiger charge is -2.40. The molecule has 2 aromatic rings. The number of hydrogen-bond acceptors (Lipinski definition) is 5. The summed E-state index contributed by atoms with van der Waals surface area (Å²) in [6, 6.07) is 0. The zero-order valence-corrected chi connectivity index (χ0v) is 15.8. The van der Waals surface area contributed by atoms with Crippen LogP contribution in [0.4, 0.5) is 5.69 Å². The molecule has 1 saturated heterocycles. The van der Waals surface area contributed by atoms with Crippen molar-refractivity contribution in [3.63, 3.8) is 0 Å². The van der Waals surface area contributed by atoms with E-state index in [-0.39, 0.29) is 5.91 Å². The molecule has 0 radical (unpaired) electrons. The summed E-state index contributed by atoms with van der Waals surface area (Å²) in [5.74, 6) is 0.689. The number of aromatic nitrogens is 3. The normalized spacial score (nSPS) is 18.9. The van der Waals surface area contributed by atoms with Crippen molar-refractivity contribution in [1.29, 1.82) is 0 Å². The second kappa shape index (κ2) is 6.59. The number of amides is 1. The van der Waals surface area contributed by atoms with E-state index >= 15 is 0 Å². The van der Waals surface area contributed by atoms with E-state index in [4.69, 9.17) is 4.98 Å². The van der Waals surface area contributed by atoms with Gasteiger partial charge in [-0.3, -0.25) is 9.78 Å². The molecule has 3 aliphatic rings. The van der Waals surface area contributed by atoms with Crippen molar-refractivity contribution < 1.29 is 4.79 Å². The Morgan fingerprint density at radius 2 is 1.81 bits per heavy atom. The molecular weight excluding hydrogens is 338 g/mol. The highest BCUT2D eigenvalue weighted by atomic mass is 16.2. The summed E-state index contributed by atoms with van der Waals surface area (Å²) in [7, 11) is 0. The highest BCUT2D eigenvalue weighted by Gasteiger charge is 2.34. The predicted octanol–water partition coefficient (Wildman–Crippen LogP) is 2.43. The van der Waals surface area contributed by atoms with Crippen molar-refractivity contribution in [2.24, 2.45) is 5.92 Å². The van der Waals surface area contributed by atoms with Crippen LogP contribution in [-0.2, 0) is 30.7 Å². The van der Waals surface area contributed by atoms with Crippen LogP contribution in [0.1, 0.15) is 47.3 Å². The molecule has 6 nitrogen and oxygen atoms in total. The Kier molecular flexibility index (Phi) is 4.06. The predicted molar refractivity (Wildman–Crippen MR) is 102 cm³/mol. The highest BCUT2D eigenvalue weighted by Crippen LogP contribution is 2.34. The van der Waals surface area contributed by atoms with Gasteiger partial charge in [0.1, 0.15) is 6.33 Å². The van der Waals surface area contributed by atoms with Crippen molar-refractivity contribution in [2.75, 3.05) is 18.0 Å². The molecule has 0 atom stereocenters. The third-order valence-electron chi connectivity index (χ3n) is 6.29. The largest absolute Gasteiger partial charge is 0.368 e. The zero-order valence-electron chi connectivity index (χ0n) is 15.8. The Bertz CT molecular complexity index is 876. The molecular formula is C21H25N5O. The fraction of sp³-hybridized carbons (Fsp3) is 0.524. The lowest BCUT2D eigenvalue weighted by Crippen LogP contribution is -2.48. The van der Waals surface area contributed by atoms with E-state index in [1.807, 2.05) is 17.3 Å². The Labute approximate surface area is 159 Å². The second-order valence-electron chi connectivity index (χ2n) is 8.11. The molecule has 1 fully saturated rings. The van der Waals surface area contributed by atoms with E-state index in [2.05, 4.69) is 21.8 Å². The molecule has 1 amide bonds. The Balaban J connectivity index is 1.23. The average Bonchev–Trinajstić information content (AvgIpc) is 3.09. The van der Waals surface area contributed by atoms with Gasteiger partial charge in [0.15, 0.2) is 0 Å². The van der Waals surface area contributed by atoms with Gasteiger partial charge in [-0.05, 0) is 49.3 Å². The summed E-state index contributed by atoms with van der Waals surface area (Å²) < 4.78 is 0. The minimum Gasteiger partial charge on any atom is -0.368 e. The Morgan fingerprint density at radius 1 is 1.07 bits per heavy atom. The third-order valence-corrected chi connectivity index (χ3v) is 6.29. The van der Waals surface area contributed by atoms with Crippen molar-refractivity contribution in [1.82, 2.24) is 19.9 Å². The van der Waals surface area contributed by atoms with E-state index in [0.717, 1.165) is 43.9 Å². The number of carbonyl (C=O) groups is 1. The van der Waals surface area contributed by atoms with E-state index < -0.39 is 0 Å². The van der Waals surface area contributed by atoms with Crippen LogP contribution in [0.3, 0.4) is 0 Å². The number of aryl methyl sites for hydroxylation is 1. The van der Waals surface area contributed by atoms with Crippen LogP contribution in [0.2, 0.25) is 0 Å². The number of hydrogen-bond donors (Lipinski definition) is 0. The molecule has 0 aromatic carbocycles. The van der Waals surface area contributed by atoms with Gasteiger partial charge in [0, 0.05) is 37.7 Å². The molecule has 140 valence electrons. The molecule has 2 aliphatic heterocycles. The second-order valence-corrected chi connectivity index (χ2v) is 8.11. The smallest absolute Gasteiger partial charge is 0.223 e. The van der Waals surface area contributed by atoms with Gasteiger partial charge in [-0.15, -0.1) is 0 Å². The maximum atomic E-state index is 12.9. The molecule has 1 aliphatic carbocycles. The molecule has 27 heavy (non-hydrogen) atoms. The van der Waals surface area contributed by atoms with Crippen LogP contribution in [0.15, 0.2) is 18.7 Å². The average molecular weight is 363 g/mol. The summed E-state index contributed by atoms with van der Waals surface area (Å²) in [5.41, 5.74) is 7.66. The van der Waals surface area contributed by atoms with Gasteiger partial charge in [0.05, 0.1) is 30.3 Å². The summed E-state index contributed by atoms with van der Waals surface area (Å²) in [5, 5.41) is 0. The molecule has 5 rings (SSSR count). The molecule has 6 heteroatoms. The maximum Gasteiger partial charge on any atom is 0.223 e. The van der Waals surface area contributed by atoms with E-state index in [1.54, 1.807) is 6.33 Å². The van der Waals surface area contributed by atoms with Gasteiger partial charge in [-0.25, -0.2) is 9.97 Å². The van der Waals surface area contributed by atoms with Crippen molar-refractivity contribution in [3.8, 4) is 0 Å². The van der Waals surface area contributed by atoms with Crippen molar-refractivity contribution in [3.05, 3.63) is 46.8 Å².